The molecule has 1 radical (unpaired) electrons. The Hall–Kier alpha value is -1.79. The third kappa shape index (κ3) is 4.61. The van der Waals surface area contributed by atoms with Crippen LogP contribution in [-0.2, 0) is 4.79 Å². The molecular weight excluding hydrogens is 260 g/mol. The molecule has 0 saturated carbocycles. The van der Waals surface area contributed by atoms with Crippen molar-refractivity contribution in [2.75, 3.05) is 33.7 Å². The molecule has 2 rings (SSSR count). The van der Waals surface area contributed by atoms with Crippen molar-refractivity contribution in [3.05, 3.63) is 42.3 Å². The van der Waals surface area contributed by atoms with Crippen molar-refractivity contribution < 1.29 is 4.79 Å². The van der Waals surface area contributed by atoms with Crippen LogP contribution in [0, 0.1) is 24.7 Å². The fourth-order valence-electron chi connectivity index (χ4n) is 2.54. The molecule has 1 fully saturated rings. The van der Waals surface area contributed by atoms with Crippen LogP contribution in [0.1, 0.15) is 24.0 Å². The van der Waals surface area contributed by atoms with Gasteiger partial charge in [-0.3, -0.25) is 9.69 Å². The number of hydrogen-bond donors (Lipinski definition) is 0. The molecule has 0 N–H and O–H groups in total. The number of nitrogens with zero attached hydrogens (tertiary/aromatic N) is 2. The molecule has 1 heterocycles. The maximum atomic E-state index is 11.9. The molecule has 1 aliphatic rings. The number of piperidine rings is 1. The molecule has 1 aromatic rings. The quantitative estimate of drug-likeness (QED) is 0.775. The van der Waals surface area contributed by atoms with Crippen LogP contribution in [0.3, 0.4) is 0 Å². The number of carbonyl (C=O) groups excluding carboxylic acids is 1. The molecule has 3 nitrogen and oxygen atoms in total. The van der Waals surface area contributed by atoms with Gasteiger partial charge in [0.2, 0.25) is 5.91 Å². The zero-order chi connectivity index (χ0) is 15.2. The monoisotopic (exact) mass is 283 g/mol. The fraction of sp³-hybridized carbons (Fsp3) is 0.444. The van der Waals surface area contributed by atoms with Gasteiger partial charge in [0.05, 0.1) is 6.54 Å². The maximum absolute atomic E-state index is 11.9. The Kier molecular flexibility index (Phi) is 5.41. The highest BCUT2D eigenvalue weighted by Gasteiger charge is 2.25. The third-order valence-corrected chi connectivity index (χ3v) is 3.87. The maximum Gasteiger partial charge on any atom is 0.225 e. The minimum atomic E-state index is 0.189. The second kappa shape index (κ2) is 7.28. The Balaban J connectivity index is 1.79. The van der Waals surface area contributed by atoms with E-state index in [1.54, 1.807) is 4.90 Å². The van der Waals surface area contributed by atoms with E-state index in [4.69, 9.17) is 0 Å². The van der Waals surface area contributed by atoms with Crippen molar-refractivity contribution in [3.8, 4) is 11.8 Å². The molecule has 0 spiro atoms. The van der Waals surface area contributed by atoms with Crippen LogP contribution in [0.5, 0.6) is 0 Å². The van der Waals surface area contributed by atoms with Crippen molar-refractivity contribution in [1.29, 1.82) is 0 Å². The van der Waals surface area contributed by atoms with Crippen LogP contribution >= 0.6 is 0 Å². The Morgan fingerprint density at radius 2 is 1.90 bits per heavy atom. The van der Waals surface area contributed by atoms with Gasteiger partial charge in [-0.2, -0.15) is 0 Å². The van der Waals surface area contributed by atoms with Crippen molar-refractivity contribution in [3.63, 3.8) is 0 Å². The largest absolute Gasteiger partial charge is 0.349 e. The number of amides is 1. The molecule has 1 aromatic carbocycles. The summed E-state index contributed by atoms with van der Waals surface area (Å²) in [5, 5.41) is 0. The summed E-state index contributed by atoms with van der Waals surface area (Å²) in [5.41, 5.74) is 2.04. The highest BCUT2D eigenvalue weighted by molar-refractivity contribution is 5.78. The van der Waals surface area contributed by atoms with Gasteiger partial charge in [0.1, 0.15) is 0 Å². The zero-order valence-electron chi connectivity index (χ0n) is 12.9. The van der Waals surface area contributed by atoms with Gasteiger partial charge in [-0.25, -0.2) is 0 Å². The lowest BCUT2D eigenvalue weighted by atomic mass is 9.95. The SMILES string of the molecule is [CH2]c1ccc(C#CCN2CCC(C(=O)N(C)C)CC2)cc1. The number of benzene rings is 1. The fourth-order valence-corrected chi connectivity index (χ4v) is 2.54. The van der Waals surface area contributed by atoms with Crippen LogP contribution in [0.15, 0.2) is 24.3 Å². The summed E-state index contributed by atoms with van der Waals surface area (Å²) < 4.78 is 0. The standard InChI is InChI=1S/C18H23N2O/c1-15-6-8-16(9-7-15)5-4-12-20-13-10-17(11-14-20)18(21)19(2)3/h6-9,17H,1,10-14H2,2-3H3. The van der Waals surface area contributed by atoms with Gasteiger partial charge in [0.15, 0.2) is 0 Å². The van der Waals surface area contributed by atoms with Crippen molar-refractivity contribution in [2.24, 2.45) is 5.92 Å². The van der Waals surface area contributed by atoms with Gasteiger partial charge in [0.25, 0.3) is 0 Å². The summed E-state index contributed by atoms with van der Waals surface area (Å²) in [6.07, 6.45) is 1.88. The van der Waals surface area contributed by atoms with Gasteiger partial charge < -0.3 is 4.90 Å². The highest BCUT2D eigenvalue weighted by Crippen LogP contribution is 2.18. The van der Waals surface area contributed by atoms with Gasteiger partial charge in [-0.1, -0.05) is 24.0 Å². The van der Waals surface area contributed by atoms with E-state index in [1.807, 2.05) is 38.4 Å². The molecule has 21 heavy (non-hydrogen) atoms. The van der Waals surface area contributed by atoms with Crippen LogP contribution in [0.4, 0.5) is 0 Å². The van der Waals surface area contributed by atoms with E-state index in [1.165, 1.54) is 0 Å². The molecule has 0 unspecified atom stereocenters. The first kappa shape index (κ1) is 15.6. The average Bonchev–Trinajstić information content (AvgIpc) is 2.49. The molecule has 1 aliphatic heterocycles. The first-order valence-corrected chi connectivity index (χ1v) is 7.40. The van der Waals surface area contributed by atoms with E-state index in [2.05, 4.69) is 23.7 Å². The summed E-state index contributed by atoms with van der Waals surface area (Å²) in [7, 11) is 3.66. The lowest BCUT2D eigenvalue weighted by Gasteiger charge is -2.31. The number of rotatable bonds is 2. The summed E-state index contributed by atoms with van der Waals surface area (Å²) in [6.45, 7) is 6.54. The highest BCUT2D eigenvalue weighted by atomic mass is 16.2. The van der Waals surface area contributed by atoms with Gasteiger partial charge in [-0.05, 0) is 50.6 Å². The van der Waals surface area contributed by atoms with E-state index < -0.39 is 0 Å². The van der Waals surface area contributed by atoms with E-state index >= 15 is 0 Å². The van der Waals surface area contributed by atoms with E-state index in [-0.39, 0.29) is 11.8 Å². The van der Waals surface area contributed by atoms with Crippen molar-refractivity contribution in [1.82, 2.24) is 9.80 Å². The molecule has 0 atom stereocenters. The number of hydrogen-bond acceptors (Lipinski definition) is 2. The molecule has 3 heteroatoms. The van der Waals surface area contributed by atoms with Gasteiger partial charge >= 0.3 is 0 Å². The van der Waals surface area contributed by atoms with E-state index in [9.17, 15) is 4.79 Å². The summed E-state index contributed by atoms with van der Waals surface area (Å²) >= 11 is 0. The van der Waals surface area contributed by atoms with Gasteiger partial charge in [-0.15, -0.1) is 0 Å². The minimum absolute atomic E-state index is 0.189. The van der Waals surface area contributed by atoms with E-state index in [0.717, 1.165) is 43.6 Å². The molecule has 1 amide bonds. The Morgan fingerprint density at radius 3 is 2.48 bits per heavy atom. The molecule has 111 valence electrons. The molecular formula is C18H23N2O. The molecule has 0 bridgehead atoms. The molecule has 0 aliphatic carbocycles. The predicted molar refractivity (Wildman–Crippen MR) is 85.6 cm³/mol. The first-order chi connectivity index (χ1) is 10.1. The number of likely N-dealkylation sites (tertiary alicyclic amines) is 1. The van der Waals surface area contributed by atoms with Crippen molar-refractivity contribution in [2.45, 2.75) is 12.8 Å². The Bertz CT molecular complexity index is 529. The van der Waals surface area contributed by atoms with Crippen LogP contribution in [0.25, 0.3) is 0 Å². The second-order valence-corrected chi connectivity index (χ2v) is 5.78. The Labute approximate surface area is 127 Å². The summed E-state index contributed by atoms with van der Waals surface area (Å²) in [5.74, 6) is 6.84. The van der Waals surface area contributed by atoms with Crippen LogP contribution in [-0.4, -0.2) is 49.4 Å². The number of carbonyl (C=O) groups is 1. The second-order valence-electron chi connectivity index (χ2n) is 5.78. The molecule has 0 aromatic heterocycles. The lowest BCUT2D eigenvalue weighted by molar-refractivity contribution is -0.134. The predicted octanol–water partition coefficient (Wildman–Crippen LogP) is 2.02. The summed E-state index contributed by atoms with van der Waals surface area (Å²) in [4.78, 5) is 15.9. The topological polar surface area (TPSA) is 23.6 Å². The zero-order valence-corrected chi connectivity index (χ0v) is 12.9. The molecule has 1 saturated heterocycles. The van der Waals surface area contributed by atoms with Crippen molar-refractivity contribution >= 4 is 5.91 Å². The lowest BCUT2D eigenvalue weighted by Crippen LogP contribution is -2.40. The third-order valence-electron chi connectivity index (χ3n) is 3.87. The smallest absolute Gasteiger partial charge is 0.225 e. The minimum Gasteiger partial charge on any atom is -0.349 e. The Morgan fingerprint density at radius 1 is 1.29 bits per heavy atom. The van der Waals surface area contributed by atoms with E-state index in [0.29, 0.717) is 0 Å². The van der Waals surface area contributed by atoms with Gasteiger partial charge in [0, 0.05) is 25.6 Å². The first-order valence-electron chi connectivity index (χ1n) is 7.40. The normalized spacial score (nSPS) is 16.1. The van der Waals surface area contributed by atoms with Crippen LogP contribution < -0.4 is 0 Å². The summed E-state index contributed by atoms with van der Waals surface area (Å²) in [6, 6.07) is 7.94. The average molecular weight is 283 g/mol. The van der Waals surface area contributed by atoms with Crippen LogP contribution in [0.2, 0.25) is 0 Å².